The second-order valence-electron chi connectivity index (χ2n) is 3.73. The van der Waals surface area contributed by atoms with Crippen LogP contribution in [0.3, 0.4) is 0 Å². The van der Waals surface area contributed by atoms with Crippen LogP contribution in [0.25, 0.3) is 0 Å². The average molecular weight is 258 g/mol. The average Bonchev–Trinajstić information content (AvgIpc) is 2.20. The number of aliphatic hydroxyl groups excluding tert-OH is 3. The Morgan fingerprint density at radius 2 is 1.17 bits per heavy atom. The molecular formula is C12H18O6. The van der Waals surface area contributed by atoms with Gasteiger partial charge in [-0.05, 0) is 32.9 Å². The fourth-order valence-electron chi connectivity index (χ4n) is 1.34. The maximum absolute atomic E-state index is 9.26. The lowest BCUT2D eigenvalue weighted by Gasteiger charge is -2.19. The summed E-state index contributed by atoms with van der Waals surface area (Å²) in [6, 6.07) is 4.73. The Morgan fingerprint density at radius 3 is 1.50 bits per heavy atom. The van der Waals surface area contributed by atoms with Crippen molar-refractivity contribution in [1.29, 1.82) is 0 Å². The number of rotatable bonds is 6. The summed E-state index contributed by atoms with van der Waals surface area (Å²) in [6.45, 7) is 4.30. The SMILES string of the molecule is CC(O)Oc1cccc(OC(C)O)c1OC(C)O. The van der Waals surface area contributed by atoms with Crippen LogP contribution < -0.4 is 14.2 Å². The second kappa shape index (κ2) is 6.44. The Hall–Kier alpha value is -1.50. The van der Waals surface area contributed by atoms with Crippen molar-refractivity contribution in [3.63, 3.8) is 0 Å². The largest absolute Gasteiger partial charge is 0.461 e. The zero-order valence-electron chi connectivity index (χ0n) is 10.5. The first kappa shape index (κ1) is 14.6. The minimum Gasteiger partial charge on any atom is -0.461 e. The van der Waals surface area contributed by atoms with E-state index in [0.29, 0.717) is 0 Å². The van der Waals surface area contributed by atoms with Crippen molar-refractivity contribution >= 4 is 0 Å². The normalized spacial score (nSPS) is 15.7. The lowest BCUT2D eigenvalue weighted by Crippen LogP contribution is -2.16. The van der Waals surface area contributed by atoms with Gasteiger partial charge < -0.3 is 29.5 Å². The van der Waals surface area contributed by atoms with Crippen LogP contribution >= 0.6 is 0 Å². The summed E-state index contributed by atoms with van der Waals surface area (Å²) >= 11 is 0. The molecule has 0 aromatic heterocycles. The van der Waals surface area contributed by atoms with E-state index in [-0.39, 0.29) is 17.2 Å². The van der Waals surface area contributed by atoms with Crippen LogP contribution in [0, 0.1) is 0 Å². The number of para-hydroxylation sites is 1. The highest BCUT2D eigenvalue weighted by Crippen LogP contribution is 2.38. The molecule has 0 spiro atoms. The maximum atomic E-state index is 9.26. The van der Waals surface area contributed by atoms with Gasteiger partial charge in [0.2, 0.25) is 5.75 Å². The van der Waals surface area contributed by atoms with Crippen molar-refractivity contribution in [3.05, 3.63) is 18.2 Å². The van der Waals surface area contributed by atoms with E-state index in [1.165, 1.54) is 20.8 Å². The van der Waals surface area contributed by atoms with Gasteiger partial charge in [-0.2, -0.15) is 0 Å². The topological polar surface area (TPSA) is 88.4 Å². The van der Waals surface area contributed by atoms with Crippen LogP contribution in [-0.2, 0) is 0 Å². The molecule has 3 atom stereocenters. The van der Waals surface area contributed by atoms with Crippen LogP contribution in [0.5, 0.6) is 17.2 Å². The zero-order valence-corrected chi connectivity index (χ0v) is 10.5. The van der Waals surface area contributed by atoms with Crippen LogP contribution in [-0.4, -0.2) is 34.2 Å². The van der Waals surface area contributed by atoms with Gasteiger partial charge in [-0.1, -0.05) is 6.07 Å². The summed E-state index contributed by atoms with van der Waals surface area (Å²) in [7, 11) is 0. The molecule has 0 bridgehead atoms. The summed E-state index contributed by atoms with van der Waals surface area (Å²) in [5.41, 5.74) is 0. The van der Waals surface area contributed by atoms with E-state index in [0.717, 1.165) is 0 Å². The van der Waals surface area contributed by atoms with E-state index in [1.54, 1.807) is 18.2 Å². The smallest absolute Gasteiger partial charge is 0.206 e. The van der Waals surface area contributed by atoms with E-state index in [9.17, 15) is 15.3 Å². The number of hydrogen-bond acceptors (Lipinski definition) is 6. The van der Waals surface area contributed by atoms with Crippen molar-refractivity contribution < 1.29 is 29.5 Å². The maximum Gasteiger partial charge on any atom is 0.206 e. The lowest BCUT2D eigenvalue weighted by atomic mass is 10.3. The molecule has 6 nitrogen and oxygen atoms in total. The summed E-state index contributed by atoms with van der Waals surface area (Å²) < 4.78 is 15.4. The van der Waals surface area contributed by atoms with Gasteiger partial charge in [-0.15, -0.1) is 0 Å². The third-order valence-electron chi connectivity index (χ3n) is 1.83. The van der Waals surface area contributed by atoms with Gasteiger partial charge in [0.25, 0.3) is 0 Å². The minimum absolute atomic E-state index is 0.120. The summed E-state index contributed by atoms with van der Waals surface area (Å²) in [5.74, 6) is 0.544. The zero-order chi connectivity index (χ0) is 13.7. The van der Waals surface area contributed by atoms with Gasteiger partial charge >= 0.3 is 0 Å². The minimum atomic E-state index is -1.08. The van der Waals surface area contributed by atoms with E-state index >= 15 is 0 Å². The molecule has 0 aliphatic heterocycles. The Balaban J connectivity index is 3.08. The predicted molar refractivity (Wildman–Crippen MR) is 63.4 cm³/mol. The molecule has 6 heteroatoms. The van der Waals surface area contributed by atoms with E-state index in [2.05, 4.69) is 0 Å². The first-order valence-electron chi connectivity index (χ1n) is 5.57. The third kappa shape index (κ3) is 4.40. The second-order valence-corrected chi connectivity index (χ2v) is 3.73. The van der Waals surface area contributed by atoms with Crippen molar-refractivity contribution in [2.24, 2.45) is 0 Å². The third-order valence-corrected chi connectivity index (χ3v) is 1.83. The van der Waals surface area contributed by atoms with Gasteiger partial charge in [-0.3, -0.25) is 0 Å². The van der Waals surface area contributed by atoms with Crippen LogP contribution in [0.15, 0.2) is 18.2 Å². The van der Waals surface area contributed by atoms with Crippen LogP contribution in [0.4, 0.5) is 0 Å². The number of hydrogen-bond donors (Lipinski definition) is 3. The molecule has 0 amide bonds. The molecule has 0 radical (unpaired) electrons. The first-order valence-corrected chi connectivity index (χ1v) is 5.57. The predicted octanol–water partition coefficient (Wildman–Crippen LogP) is 0.838. The molecule has 0 aliphatic carbocycles. The van der Waals surface area contributed by atoms with E-state index < -0.39 is 18.9 Å². The fraction of sp³-hybridized carbons (Fsp3) is 0.500. The number of benzene rings is 1. The van der Waals surface area contributed by atoms with Crippen molar-refractivity contribution in [1.82, 2.24) is 0 Å². The Bertz CT molecular complexity index is 347. The molecule has 1 aromatic carbocycles. The Labute approximate surface area is 105 Å². The van der Waals surface area contributed by atoms with Gasteiger partial charge in [0.1, 0.15) is 0 Å². The van der Waals surface area contributed by atoms with Gasteiger partial charge in [0, 0.05) is 0 Å². The standard InChI is InChI=1S/C12H18O6/c1-7(13)16-10-5-4-6-11(17-8(2)14)12(10)18-9(3)15/h4-9,13-15H,1-3H3. The van der Waals surface area contributed by atoms with Crippen LogP contribution in [0.2, 0.25) is 0 Å². The van der Waals surface area contributed by atoms with E-state index in [4.69, 9.17) is 14.2 Å². The molecule has 0 saturated carbocycles. The van der Waals surface area contributed by atoms with Crippen molar-refractivity contribution in [2.45, 2.75) is 39.6 Å². The fourth-order valence-corrected chi connectivity index (χ4v) is 1.34. The van der Waals surface area contributed by atoms with E-state index in [1.807, 2.05) is 0 Å². The molecule has 1 aromatic rings. The summed E-state index contributed by atoms with van der Waals surface area (Å²) in [4.78, 5) is 0. The number of aliphatic hydroxyl groups is 3. The lowest BCUT2D eigenvalue weighted by molar-refractivity contribution is -0.0319. The quantitative estimate of drug-likeness (QED) is 0.655. The van der Waals surface area contributed by atoms with Gasteiger partial charge in [0.05, 0.1) is 0 Å². The molecule has 102 valence electrons. The Morgan fingerprint density at radius 1 is 0.778 bits per heavy atom. The molecular weight excluding hydrogens is 240 g/mol. The molecule has 3 unspecified atom stereocenters. The van der Waals surface area contributed by atoms with Crippen molar-refractivity contribution in [3.8, 4) is 17.2 Å². The highest BCUT2D eigenvalue weighted by atomic mass is 16.7. The van der Waals surface area contributed by atoms with Crippen molar-refractivity contribution in [2.75, 3.05) is 0 Å². The summed E-state index contributed by atoms with van der Waals surface area (Å²) in [6.07, 6.45) is -3.16. The molecule has 1 rings (SSSR count). The molecule has 3 N–H and O–H groups in total. The first-order chi connectivity index (χ1) is 8.40. The molecule has 0 saturated heterocycles. The molecule has 0 fully saturated rings. The highest BCUT2D eigenvalue weighted by Gasteiger charge is 2.17. The Kier molecular flexibility index (Phi) is 5.21. The number of ether oxygens (including phenoxy) is 3. The van der Waals surface area contributed by atoms with Gasteiger partial charge in [-0.25, -0.2) is 0 Å². The van der Waals surface area contributed by atoms with Gasteiger partial charge in [0.15, 0.2) is 30.4 Å². The monoisotopic (exact) mass is 258 g/mol. The molecule has 0 heterocycles. The molecule has 0 aliphatic rings. The summed E-state index contributed by atoms with van der Waals surface area (Å²) in [5, 5.41) is 27.7. The highest BCUT2D eigenvalue weighted by molar-refractivity contribution is 5.51. The molecule has 18 heavy (non-hydrogen) atoms. The van der Waals surface area contributed by atoms with Crippen LogP contribution in [0.1, 0.15) is 20.8 Å².